The maximum atomic E-state index is 13.7. The van der Waals surface area contributed by atoms with Gasteiger partial charge in [-0.25, -0.2) is 4.57 Å². The Balaban J connectivity index is 1.77. The molecule has 2 heterocycles. The zero-order valence-electron chi connectivity index (χ0n) is 20.4. The van der Waals surface area contributed by atoms with Gasteiger partial charge in [0, 0.05) is 11.8 Å². The predicted octanol–water partition coefficient (Wildman–Crippen LogP) is 4.08. The van der Waals surface area contributed by atoms with E-state index in [0.29, 0.717) is 10.2 Å². The van der Waals surface area contributed by atoms with E-state index < -0.39 is 44.0 Å². The van der Waals surface area contributed by atoms with E-state index in [0.717, 1.165) is 0 Å². The maximum absolute atomic E-state index is 13.7. The molecule has 0 aliphatic carbocycles. The molecule has 1 unspecified atom stereocenters. The molecule has 0 bridgehead atoms. The Morgan fingerprint density at radius 3 is 2.50 bits per heavy atom. The van der Waals surface area contributed by atoms with Crippen LogP contribution in [0.15, 0.2) is 36.5 Å². The Kier molecular flexibility index (Phi) is 9.62. The van der Waals surface area contributed by atoms with Gasteiger partial charge in [0.25, 0.3) is 0 Å². The second-order valence-electron chi connectivity index (χ2n) is 8.91. The van der Waals surface area contributed by atoms with Crippen LogP contribution in [0.5, 0.6) is 5.75 Å². The number of hydrogen-bond donors (Lipinski definition) is 3. The fraction of sp³-hybridized carbons (Fsp3) is 0.522. The third-order valence-corrected chi connectivity index (χ3v) is 8.20. The number of rotatable bonds is 10. The molecule has 0 amide bonds. The molecule has 3 N–H and O–H groups in total. The molecule has 0 spiro atoms. The zero-order valence-corrected chi connectivity index (χ0v) is 22.9. The summed E-state index contributed by atoms with van der Waals surface area (Å²) in [5, 5.41) is 21.3. The van der Waals surface area contributed by atoms with E-state index in [1.54, 1.807) is 64.2 Å². The van der Waals surface area contributed by atoms with Crippen LogP contribution in [0, 0.1) is 22.3 Å². The molecule has 1 aromatic carbocycles. The van der Waals surface area contributed by atoms with Crippen LogP contribution in [-0.4, -0.2) is 62.9 Å². The number of aliphatic hydroxyl groups is 2. The number of H-pyrrole nitrogens is 1. The monoisotopic (exact) mass is 558 g/mol. The molecule has 10 nitrogen and oxygen atoms in total. The number of ether oxygens (including phenoxy) is 2. The molecule has 1 saturated heterocycles. The lowest BCUT2D eigenvalue weighted by molar-refractivity contribution is -0.151. The molecule has 1 aliphatic rings. The fourth-order valence-electron chi connectivity index (χ4n) is 3.58. The van der Waals surface area contributed by atoms with Crippen molar-refractivity contribution in [3.63, 3.8) is 0 Å². The summed E-state index contributed by atoms with van der Waals surface area (Å²) in [5.74, 6) is -1.04. The van der Waals surface area contributed by atoms with Crippen LogP contribution in [0.2, 0.25) is 0 Å². The van der Waals surface area contributed by atoms with Crippen molar-refractivity contribution in [2.24, 2.45) is 5.92 Å². The van der Waals surface area contributed by atoms with Crippen molar-refractivity contribution >= 4 is 38.0 Å². The molecular weight excluding hydrogens is 527 g/mol. The molecule has 36 heavy (non-hydrogen) atoms. The molecule has 1 aromatic heterocycles. The van der Waals surface area contributed by atoms with Gasteiger partial charge in [-0.3, -0.25) is 13.9 Å². The van der Waals surface area contributed by atoms with E-state index >= 15 is 0 Å². The average Bonchev–Trinajstić information content (AvgIpc) is 3.08. The summed E-state index contributed by atoms with van der Waals surface area (Å²) in [4.78, 5) is 15.2. The van der Waals surface area contributed by atoms with E-state index in [1.807, 2.05) is 0 Å². The van der Waals surface area contributed by atoms with Gasteiger partial charge in [-0.1, -0.05) is 37.3 Å². The van der Waals surface area contributed by atoms with Crippen LogP contribution in [-0.2, 0) is 23.4 Å². The van der Waals surface area contributed by atoms with E-state index in [2.05, 4.69) is 4.98 Å². The molecule has 198 valence electrons. The molecule has 1 fully saturated rings. The van der Waals surface area contributed by atoms with Gasteiger partial charge in [-0.2, -0.15) is 0 Å². The first-order valence-corrected chi connectivity index (χ1v) is 14.0. The molecule has 0 radical (unpaired) electrons. The van der Waals surface area contributed by atoms with Crippen LogP contribution >= 0.6 is 32.0 Å². The van der Waals surface area contributed by atoms with Crippen LogP contribution in [0.3, 0.4) is 0 Å². The normalized spacial score (nSPS) is 24.3. The second kappa shape index (κ2) is 12.1. The highest BCUT2D eigenvalue weighted by atomic mass is 32.1. The molecule has 13 heteroatoms. The highest BCUT2D eigenvalue weighted by Crippen LogP contribution is 2.50. The van der Waals surface area contributed by atoms with Crippen molar-refractivity contribution < 1.29 is 38.1 Å². The zero-order chi connectivity index (χ0) is 26.6. The summed E-state index contributed by atoms with van der Waals surface area (Å²) in [7, 11) is -3.93. The minimum Gasteiger partial charge on any atom is -0.463 e. The Morgan fingerprint density at radius 1 is 1.19 bits per heavy atom. The first-order valence-electron chi connectivity index (χ1n) is 11.4. The van der Waals surface area contributed by atoms with Crippen molar-refractivity contribution in [3.8, 4) is 5.75 Å². The summed E-state index contributed by atoms with van der Waals surface area (Å²) in [6.45, 7) is 6.40. The number of para-hydroxylation sites is 1. The lowest BCUT2D eigenvalue weighted by Gasteiger charge is -2.24. The van der Waals surface area contributed by atoms with E-state index in [4.69, 9.17) is 43.0 Å². The number of carbonyl (C=O) groups excluding carboxylic acids is 1. The van der Waals surface area contributed by atoms with Gasteiger partial charge in [0.15, 0.2) is 11.0 Å². The largest absolute Gasteiger partial charge is 0.463 e. The Bertz CT molecular complexity index is 1220. The number of aliphatic hydroxyl groups excluding tert-OH is 2. The Labute approximate surface area is 219 Å². The van der Waals surface area contributed by atoms with Gasteiger partial charge in [-0.15, -0.1) is 0 Å². The topological polar surface area (TPSA) is 132 Å². The minimum atomic E-state index is -3.93. The number of esters is 1. The smallest absolute Gasteiger partial charge is 0.380 e. The van der Waals surface area contributed by atoms with Crippen LogP contribution < -0.4 is 4.52 Å². The highest BCUT2D eigenvalue weighted by Gasteiger charge is 2.45. The first-order chi connectivity index (χ1) is 16.9. The lowest BCUT2D eigenvalue weighted by atomic mass is 10.1. The Hall–Kier alpha value is -1.92. The molecular formula is C23H31N2O8PS2. The SMILES string of the molecule is Cc1cn([C@H]2O[C@@H](CO[P@@](=O)(C[C@@H](C)C(=O)OC(C)C)Oc3ccccc3)C(O)[C@H]2O)c(=S)[nH]c1=S. The number of aromatic nitrogens is 2. The first kappa shape index (κ1) is 28.6. The van der Waals surface area contributed by atoms with E-state index in [9.17, 15) is 19.6 Å². The summed E-state index contributed by atoms with van der Waals surface area (Å²) in [6, 6.07) is 8.40. The number of nitrogens with zero attached hydrogens (tertiary/aromatic N) is 1. The van der Waals surface area contributed by atoms with Crippen LogP contribution in [0.1, 0.15) is 32.6 Å². The number of benzene rings is 1. The quantitative estimate of drug-likeness (QED) is 0.223. The van der Waals surface area contributed by atoms with Gasteiger partial charge in [-0.05, 0) is 45.1 Å². The van der Waals surface area contributed by atoms with E-state index in [1.165, 1.54) is 4.57 Å². The predicted molar refractivity (Wildman–Crippen MR) is 137 cm³/mol. The number of nitrogens with one attached hydrogen (secondary N) is 1. The standard InChI is InChI=1S/C23H31N2O8PS2/c1-13(2)31-22(28)15(4)12-34(29,33-16-8-6-5-7-9-16)30-11-17-18(26)19(27)21(32-17)25-10-14(3)20(35)24-23(25)36/h5-10,13,15,17-19,21,26-27H,11-12H2,1-4H3,(H,24,35,36)/t15-,17+,18?,19-,21+,34+/m1/s1. The van der Waals surface area contributed by atoms with Crippen LogP contribution in [0.25, 0.3) is 0 Å². The third-order valence-electron chi connectivity index (χ3n) is 5.43. The summed E-state index contributed by atoms with van der Waals surface area (Å²) < 4.78 is 38.3. The molecule has 2 aromatic rings. The van der Waals surface area contributed by atoms with Gasteiger partial charge in [0.2, 0.25) is 0 Å². The number of aryl methyl sites for hydroxylation is 1. The Morgan fingerprint density at radius 2 is 1.86 bits per heavy atom. The lowest BCUT2D eigenvalue weighted by Crippen LogP contribution is -2.34. The highest BCUT2D eigenvalue weighted by molar-refractivity contribution is 7.72. The summed E-state index contributed by atoms with van der Waals surface area (Å²) in [6.07, 6.45) is -3.77. The van der Waals surface area contributed by atoms with Crippen LogP contribution in [0.4, 0.5) is 0 Å². The van der Waals surface area contributed by atoms with Crippen molar-refractivity contribution in [3.05, 3.63) is 51.5 Å². The molecule has 1 aliphatic heterocycles. The average molecular weight is 559 g/mol. The maximum Gasteiger partial charge on any atom is 0.380 e. The number of carbonyl (C=O) groups is 1. The minimum absolute atomic E-state index is 0.207. The number of hydrogen-bond acceptors (Lipinski definition) is 10. The van der Waals surface area contributed by atoms with Crippen molar-refractivity contribution in [1.29, 1.82) is 0 Å². The van der Waals surface area contributed by atoms with Crippen molar-refractivity contribution in [2.75, 3.05) is 12.8 Å². The summed E-state index contributed by atoms with van der Waals surface area (Å²) >= 11 is 10.5. The number of aromatic amines is 1. The van der Waals surface area contributed by atoms with E-state index in [-0.39, 0.29) is 29.4 Å². The van der Waals surface area contributed by atoms with Crippen molar-refractivity contribution in [1.82, 2.24) is 9.55 Å². The summed E-state index contributed by atoms with van der Waals surface area (Å²) in [5.41, 5.74) is 0.701. The van der Waals surface area contributed by atoms with Gasteiger partial charge in [0.05, 0.1) is 24.8 Å². The molecule has 0 saturated carbocycles. The van der Waals surface area contributed by atoms with Gasteiger partial charge in [0.1, 0.15) is 28.7 Å². The second-order valence-corrected chi connectivity index (χ2v) is 11.7. The van der Waals surface area contributed by atoms with Crippen molar-refractivity contribution in [2.45, 2.75) is 58.3 Å². The molecule has 3 rings (SSSR count). The van der Waals surface area contributed by atoms with Gasteiger partial charge >= 0.3 is 13.6 Å². The molecule has 6 atom stereocenters. The third kappa shape index (κ3) is 7.10. The fourth-order valence-corrected chi connectivity index (χ4v) is 5.92. The van der Waals surface area contributed by atoms with Gasteiger partial charge < -0.3 is 29.2 Å².